The van der Waals surface area contributed by atoms with Crippen molar-refractivity contribution in [3.8, 4) is 0 Å². The zero-order valence-corrected chi connectivity index (χ0v) is 63.3. The fourth-order valence-electron chi connectivity index (χ4n) is 20.0. The molecule has 0 amide bonds. The first kappa shape index (κ1) is 90.0. The molecule has 0 spiro atoms. The van der Waals surface area contributed by atoms with E-state index in [1.807, 2.05) is 13.8 Å². The third kappa shape index (κ3) is 16.8. The van der Waals surface area contributed by atoms with Crippen LogP contribution in [0.3, 0.4) is 0 Å². The first-order valence-corrected chi connectivity index (χ1v) is 38.6. The van der Waals surface area contributed by atoms with Gasteiger partial charge < -0.3 is 194 Å². The molecule has 0 bridgehead atoms. The van der Waals surface area contributed by atoms with E-state index in [-0.39, 0.29) is 30.1 Å². The number of hydrogen-bond acceptors (Lipinski definition) is 39. The fourth-order valence-corrected chi connectivity index (χ4v) is 20.0. The van der Waals surface area contributed by atoms with Crippen LogP contribution in [0.15, 0.2) is 11.6 Å². The van der Waals surface area contributed by atoms with Crippen LogP contribution in [0, 0.1) is 45.3 Å². The lowest BCUT2D eigenvalue weighted by molar-refractivity contribution is -0.382. The van der Waals surface area contributed by atoms with Crippen LogP contribution in [-0.4, -0.2) is 413 Å². The summed E-state index contributed by atoms with van der Waals surface area (Å²) in [4.78, 5) is 0. The quantitative estimate of drug-likeness (QED) is 0.0358. The van der Waals surface area contributed by atoms with Crippen molar-refractivity contribution in [1.82, 2.24) is 0 Å². The van der Waals surface area contributed by atoms with Gasteiger partial charge in [0.05, 0.1) is 70.2 Å². The van der Waals surface area contributed by atoms with Crippen LogP contribution in [0.5, 0.6) is 0 Å². The van der Waals surface area contributed by atoms with Crippen molar-refractivity contribution in [1.29, 1.82) is 0 Å². The zero-order chi connectivity index (χ0) is 81.5. The molecule has 4 aliphatic carbocycles. The Bertz CT molecular complexity index is 3000. The van der Waals surface area contributed by atoms with Crippen molar-refractivity contribution >= 4 is 0 Å². The van der Waals surface area contributed by atoms with Crippen LogP contribution < -0.4 is 0 Å². The van der Waals surface area contributed by atoms with Gasteiger partial charge in [-0.25, -0.2) is 0 Å². The van der Waals surface area contributed by atoms with Crippen LogP contribution in [0.1, 0.15) is 107 Å². The molecule has 0 aromatic rings. The van der Waals surface area contributed by atoms with E-state index in [9.17, 15) is 128 Å². The van der Waals surface area contributed by atoms with E-state index in [1.54, 1.807) is 0 Å². The van der Waals surface area contributed by atoms with E-state index in [4.69, 9.17) is 66.3 Å². The summed E-state index contributed by atoms with van der Waals surface area (Å²) in [6, 6.07) is 0. The molecule has 45 atom stereocenters. The van der Waals surface area contributed by atoms with E-state index < -0.39 is 307 Å². The zero-order valence-electron chi connectivity index (χ0n) is 63.3. The summed E-state index contributed by atoms with van der Waals surface area (Å²) in [5, 5.41) is 273. The maximum absolute atomic E-state index is 13.1. The first-order chi connectivity index (χ1) is 52.1. The van der Waals surface area contributed by atoms with Crippen LogP contribution in [-0.2, 0) is 66.3 Å². The summed E-state index contributed by atoms with van der Waals surface area (Å²) in [6.07, 6.45) is -59.6. The molecule has 10 fully saturated rings. The molecule has 1 unspecified atom stereocenters. The summed E-state index contributed by atoms with van der Waals surface area (Å²) in [6.45, 7) is 9.96. The highest BCUT2D eigenvalue weighted by atomic mass is 16.8. The smallest absolute Gasteiger partial charge is 0.187 e. The SMILES string of the molecule is C[C@H](CC[C@@H](O[C@@H]1O[C@H](CO[C@@H]2O[C@H](CO)[C@@H](O)[C@H](O)[C@H]2O)[C@@H](O)[C@H](O)[C@H]1O[C@@H]1O[C@H](CO)[C@@H](O)[C@H](O)[C@H]1O)C(C)(C)O)[C@H]1CC[C@@]2(C)[C@@H]3CC=C4C(CC[C@H](O[C@@H]5O[C@H](CO[C@@H]6O[C@H](CO)[C@@H](O[C@@H]7O[C@H](CO)[C@@H](O)[C@H](O)[C@H]7O)[C@H](O)[C@H]6O)[C@@H](O)[C@H](O)[C@H]5O[C@@H]5O[C@H](CO)[C@@H](O)[C@H](O)[C@H]5O)C4(C)C)[C@]3(C)[C@H](O)C[C@]12C. The van der Waals surface area contributed by atoms with Crippen molar-refractivity contribution in [2.45, 2.75) is 346 Å². The number of aliphatic hydroxyl groups excluding tert-OH is 24. The Morgan fingerprint density at radius 3 is 1.24 bits per heavy atom. The highest BCUT2D eigenvalue weighted by Gasteiger charge is 2.71. The molecule has 39 nitrogen and oxygen atoms in total. The van der Waals surface area contributed by atoms with E-state index in [0.29, 0.717) is 32.1 Å². The van der Waals surface area contributed by atoms with Crippen molar-refractivity contribution in [3.63, 3.8) is 0 Å². The second kappa shape index (κ2) is 35.5. The predicted octanol–water partition coefficient (Wildman–Crippen LogP) is -9.76. The van der Waals surface area contributed by atoms with Gasteiger partial charge in [0.1, 0.15) is 171 Å². The van der Waals surface area contributed by atoms with Gasteiger partial charge >= 0.3 is 0 Å². The van der Waals surface area contributed by atoms with Gasteiger partial charge in [-0.1, -0.05) is 53.2 Å². The molecule has 39 heteroatoms. The van der Waals surface area contributed by atoms with Crippen LogP contribution in [0.25, 0.3) is 0 Å². The Labute approximate surface area is 640 Å². The minimum absolute atomic E-state index is 0.0228. The third-order valence-corrected chi connectivity index (χ3v) is 27.1. The van der Waals surface area contributed by atoms with Crippen molar-refractivity contribution in [2.75, 3.05) is 46.2 Å². The predicted molar refractivity (Wildman–Crippen MR) is 366 cm³/mol. The average molecular weight is 1610 g/mol. The van der Waals surface area contributed by atoms with Gasteiger partial charge in [0.15, 0.2) is 44.0 Å². The molecule has 7 saturated heterocycles. The van der Waals surface area contributed by atoms with Gasteiger partial charge in [-0.15, -0.1) is 0 Å². The lowest BCUT2D eigenvalue weighted by Gasteiger charge is -2.67. The molecular weight excluding hydrogens is 1490 g/mol. The van der Waals surface area contributed by atoms with Crippen molar-refractivity contribution in [3.05, 3.63) is 11.6 Å². The maximum Gasteiger partial charge on any atom is 0.187 e. The van der Waals surface area contributed by atoms with Gasteiger partial charge in [-0.2, -0.15) is 0 Å². The number of hydrogen-bond donors (Lipinski definition) is 25. The number of fused-ring (bicyclic) bond motifs is 5. The molecular formula is C72H122O39. The third-order valence-electron chi connectivity index (χ3n) is 27.1. The maximum atomic E-state index is 13.1. The Kier molecular flexibility index (Phi) is 28.7. The summed E-state index contributed by atoms with van der Waals surface area (Å²) >= 11 is 0. The Morgan fingerprint density at radius 1 is 0.414 bits per heavy atom. The molecule has 0 aromatic carbocycles. The molecule has 0 aromatic heterocycles. The standard InChI is InChI=1S/C72H122O39/c1-25(9-13-39(69(4,5)97)108-67-60(111-65-56(95)49(88)43(82)32(21-76)103-65)51(90)45(84)35(106-67)23-98-61-53(92)46(85)40(79)29(18-73)100-61)26-15-16-70(6)36-12-10-27-28(72(36,8)37(78)17-71(26,70)7)11-14-38(68(27,2)3)107-66-59(110-64-55(94)48(87)42(81)31(20-75)102-64)50(89)44(83)34(105-66)24-99-62-57(96)52(91)58(33(22-77)104-62)109-63-54(93)47(86)41(80)30(19-74)101-63/h10,25-26,28-67,73-97H,9,11-24H2,1-8H3/t25-,26-,28?,29-,30-,31-,32-,33-,34-,35-,36+,37-,38+,39-,40-,41-,42-,43-,44-,45-,46+,47+,48+,49+,50+,51+,52-,53-,54-,55-,56-,57-,58-,59-,60-,61-,62-,63+,64+,65+,66+,67+,70+,71-,72+/m1/s1. The number of aliphatic hydroxyl groups is 25. The topological polar surface area (TPSA) is 635 Å². The molecule has 3 saturated carbocycles. The Morgan fingerprint density at radius 2 is 0.793 bits per heavy atom. The molecule has 0 radical (unpaired) electrons. The molecule has 7 aliphatic heterocycles. The van der Waals surface area contributed by atoms with Crippen molar-refractivity contribution < 1.29 is 194 Å². The highest BCUT2D eigenvalue weighted by Crippen LogP contribution is 2.75. The van der Waals surface area contributed by atoms with Crippen LogP contribution in [0.2, 0.25) is 0 Å². The van der Waals surface area contributed by atoms with Gasteiger partial charge in [0.2, 0.25) is 0 Å². The van der Waals surface area contributed by atoms with Gasteiger partial charge in [-0.05, 0) is 99.7 Å². The minimum atomic E-state index is -2.02. The summed E-state index contributed by atoms with van der Waals surface area (Å²) in [5.41, 5.74) is -3.27. The Balaban J connectivity index is 0.790. The van der Waals surface area contributed by atoms with E-state index in [1.165, 1.54) is 13.8 Å². The highest BCUT2D eigenvalue weighted by molar-refractivity contribution is 5.32. The lowest BCUT2D eigenvalue weighted by Crippen LogP contribution is -2.66. The first-order valence-electron chi connectivity index (χ1n) is 38.6. The molecule has 11 rings (SSSR count). The van der Waals surface area contributed by atoms with Gasteiger partial charge in [0.25, 0.3) is 0 Å². The fraction of sp³-hybridized carbons (Fsp3) is 0.972. The van der Waals surface area contributed by atoms with E-state index in [2.05, 4.69) is 33.8 Å². The van der Waals surface area contributed by atoms with Gasteiger partial charge in [-0.3, -0.25) is 0 Å². The normalized spacial score (nSPS) is 52.3. The molecule has 11 aliphatic rings. The molecule has 644 valence electrons. The second-order valence-corrected chi connectivity index (χ2v) is 34.3. The second-order valence-electron chi connectivity index (χ2n) is 34.3. The number of rotatable bonds is 26. The largest absolute Gasteiger partial charge is 0.394 e. The molecule has 25 N–H and O–H groups in total. The summed E-state index contributed by atoms with van der Waals surface area (Å²) in [5.74, 6) is -0.467. The monoisotopic (exact) mass is 1610 g/mol. The molecule has 111 heavy (non-hydrogen) atoms. The van der Waals surface area contributed by atoms with Gasteiger partial charge in [0, 0.05) is 10.8 Å². The number of allylic oxidation sites excluding steroid dienone is 1. The summed E-state index contributed by atoms with van der Waals surface area (Å²) in [7, 11) is 0. The van der Waals surface area contributed by atoms with E-state index >= 15 is 0 Å². The van der Waals surface area contributed by atoms with E-state index in [0.717, 1.165) is 18.4 Å². The van der Waals surface area contributed by atoms with Crippen LogP contribution in [0.4, 0.5) is 0 Å². The van der Waals surface area contributed by atoms with Crippen LogP contribution >= 0.6 is 0 Å². The lowest BCUT2D eigenvalue weighted by atomic mass is 9.38. The average Bonchev–Trinajstić information content (AvgIpc) is 1.63. The number of ether oxygens (including phenoxy) is 14. The summed E-state index contributed by atoms with van der Waals surface area (Å²) < 4.78 is 83.7. The molecule has 7 heterocycles. The Hall–Kier alpha value is -1.82. The minimum Gasteiger partial charge on any atom is -0.394 e. The van der Waals surface area contributed by atoms with Crippen molar-refractivity contribution in [2.24, 2.45) is 45.3 Å².